The second-order valence-corrected chi connectivity index (χ2v) is 7.93. The molecule has 9 nitrogen and oxygen atoms in total. The number of guanidine groups is 2. The van der Waals surface area contributed by atoms with Crippen LogP contribution in [0.25, 0.3) is 0 Å². The maximum Gasteiger partial charge on any atom is 0.410 e. The summed E-state index contributed by atoms with van der Waals surface area (Å²) in [6.45, 7) is 7.26. The topological polar surface area (TPSA) is 144 Å². The van der Waals surface area contributed by atoms with E-state index in [2.05, 4.69) is 15.3 Å². The number of aliphatic imine (C=N–C) groups is 2. The molecule has 1 saturated heterocycles. The smallest absolute Gasteiger partial charge is 0.410 e. The van der Waals surface area contributed by atoms with Gasteiger partial charge in [-0.05, 0) is 51.7 Å². The predicted molar refractivity (Wildman–Crippen MR) is 113 cm³/mol. The summed E-state index contributed by atoms with van der Waals surface area (Å²) < 4.78 is 19.7. The molecule has 0 unspecified atom stereocenters. The SMILES string of the molecule is CC(C)(C)OC(=O)N1CCC(CNc2c(F)cccc2N=C(N)N=C(N)N)CC1. The van der Waals surface area contributed by atoms with Crippen LogP contribution in [0.5, 0.6) is 0 Å². The van der Waals surface area contributed by atoms with Crippen LogP contribution in [-0.2, 0) is 4.74 Å². The van der Waals surface area contributed by atoms with E-state index in [0.29, 0.717) is 25.3 Å². The number of nitrogens with one attached hydrogen (secondary N) is 1. The van der Waals surface area contributed by atoms with Crippen LogP contribution in [0.3, 0.4) is 0 Å². The van der Waals surface area contributed by atoms with Crippen LogP contribution in [0.2, 0.25) is 0 Å². The molecule has 1 aliphatic rings. The Labute approximate surface area is 170 Å². The zero-order chi connectivity index (χ0) is 21.6. The van der Waals surface area contributed by atoms with Crippen LogP contribution in [-0.4, -0.2) is 48.1 Å². The van der Waals surface area contributed by atoms with Crippen LogP contribution < -0.4 is 22.5 Å². The highest BCUT2D eigenvalue weighted by molar-refractivity contribution is 5.94. The number of anilines is 1. The van der Waals surface area contributed by atoms with Gasteiger partial charge in [0.1, 0.15) is 11.4 Å². The highest BCUT2D eigenvalue weighted by atomic mass is 19.1. The van der Waals surface area contributed by atoms with Gasteiger partial charge in [0, 0.05) is 19.6 Å². The summed E-state index contributed by atoms with van der Waals surface area (Å²) in [7, 11) is 0. The van der Waals surface area contributed by atoms with Gasteiger partial charge in [-0.3, -0.25) is 0 Å². The van der Waals surface area contributed by atoms with E-state index in [1.54, 1.807) is 11.0 Å². The van der Waals surface area contributed by atoms with E-state index in [0.717, 1.165) is 12.8 Å². The minimum Gasteiger partial charge on any atom is -0.444 e. The molecule has 0 aliphatic carbocycles. The summed E-state index contributed by atoms with van der Waals surface area (Å²) in [6, 6.07) is 4.48. The average molecular weight is 407 g/mol. The van der Waals surface area contributed by atoms with Crippen molar-refractivity contribution in [1.82, 2.24) is 4.90 Å². The van der Waals surface area contributed by atoms with Crippen molar-refractivity contribution < 1.29 is 13.9 Å². The van der Waals surface area contributed by atoms with Gasteiger partial charge in [0.05, 0.1) is 11.4 Å². The lowest BCUT2D eigenvalue weighted by Crippen LogP contribution is -2.42. The second-order valence-electron chi connectivity index (χ2n) is 7.93. The van der Waals surface area contributed by atoms with E-state index in [9.17, 15) is 9.18 Å². The lowest BCUT2D eigenvalue weighted by Gasteiger charge is -2.33. The van der Waals surface area contributed by atoms with E-state index < -0.39 is 11.4 Å². The van der Waals surface area contributed by atoms with Crippen molar-refractivity contribution in [2.45, 2.75) is 39.2 Å². The van der Waals surface area contributed by atoms with E-state index >= 15 is 0 Å². The molecule has 1 amide bonds. The number of carbonyl (C=O) groups excluding carboxylic acids is 1. The van der Waals surface area contributed by atoms with Gasteiger partial charge >= 0.3 is 6.09 Å². The van der Waals surface area contributed by atoms with Crippen molar-refractivity contribution >= 4 is 29.4 Å². The normalized spacial score (nSPS) is 15.7. The number of nitrogens with zero attached hydrogens (tertiary/aromatic N) is 3. The highest BCUT2D eigenvalue weighted by Crippen LogP contribution is 2.29. The number of hydrogen-bond acceptors (Lipinski definition) is 4. The Morgan fingerprint density at radius 2 is 1.93 bits per heavy atom. The molecular weight excluding hydrogens is 377 g/mol. The van der Waals surface area contributed by atoms with Gasteiger partial charge in [-0.2, -0.15) is 4.99 Å². The standard InChI is InChI=1S/C19H30FN7O2/c1-19(2,3)29-18(28)27-9-7-12(8-10-27)11-24-15-13(20)5-4-6-14(15)25-17(23)26-16(21)22/h4-6,12,24H,7-11H2,1-3H3,(H6,21,22,23,25,26). The van der Waals surface area contributed by atoms with Crippen molar-refractivity contribution in [2.24, 2.45) is 33.1 Å². The van der Waals surface area contributed by atoms with Crippen LogP contribution in [0.1, 0.15) is 33.6 Å². The molecular formula is C19H30FN7O2. The number of hydrogen-bond donors (Lipinski definition) is 4. The molecule has 0 aromatic heterocycles. The predicted octanol–water partition coefficient (Wildman–Crippen LogP) is 2.10. The second kappa shape index (κ2) is 9.44. The molecule has 0 bridgehead atoms. The van der Waals surface area contributed by atoms with Crippen molar-refractivity contribution in [3.05, 3.63) is 24.0 Å². The number of halogens is 1. The number of carbonyl (C=O) groups is 1. The maximum atomic E-state index is 14.3. The van der Waals surface area contributed by atoms with Gasteiger partial charge in [-0.1, -0.05) is 6.07 Å². The third-order valence-electron chi connectivity index (χ3n) is 4.30. The first-order valence-corrected chi connectivity index (χ1v) is 9.49. The van der Waals surface area contributed by atoms with Crippen LogP contribution in [0.15, 0.2) is 28.2 Å². The molecule has 0 saturated carbocycles. The van der Waals surface area contributed by atoms with Gasteiger partial charge in [0.15, 0.2) is 5.96 Å². The Morgan fingerprint density at radius 3 is 2.52 bits per heavy atom. The number of nitrogens with two attached hydrogens (primary N) is 3. The summed E-state index contributed by atoms with van der Waals surface area (Å²) in [6.07, 6.45) is 1.27. The number of para-hydroxylation sites is 1. The Morgan fingerprint density at radius 1 is 1.28 bits per heavy atom. The summed E-state index contributed by atoms with van der Waals surface area (Å²) >= 11 is 0. The zero-order valence-electron chi connectivity index (χ0n) is 17.1. The molecule has 7 N–H and O–H groups in total. The number of benzene rings is 1. The molecule has 1 fully saturated rings. The lowest BCUT2D eigenvalue weighted by atomic mass is 9.97. The molecule has 1 heterocycles. The molecule has 29 heavy (non-hydrogen) atoms. The van der Waals surface area contributed by atoms with Gasteiger partial charge in [0.25, 0.3) is 0 Å². The monoisotopic (exact) mass is 407 g/mol. The van der Waals surface area contributed by atoms with E-state index in [-0.39, 0.29) is 29.6 Å². The minimum atomic E-state index is -0.516. The molecule has 1 aromatic rings. The molecule has 1 aromatic carbocycles. The van der Waals surface area contributed by atoms with Crippen LogP contribution >= 0.6 is 0 Å². The lowest BCUT2D eigenvalue weighted by molar-refractivity contribution is 0.0188. The third-order valence-corrected chi connectivity index (χ3v) is 4.30. The number of amides is 1. The third kappa shape index (κ3) is 7.13. The van der Waals surface area contributed by atoms with Gasteiger partial charge < -0.3 is 32.2 Å². The number of rotatable bonds is 4. The largest absolute Gasteiger partial charge is 0.444 e. The maximum absolute atomic E-state index is 14.3. The van der Waals surface area contributed by atoms with Crippen molar-refractivity contribution in [1.29, 1.82) is 0 Å². The fourth-order valence-corrected chi connectivity index (χ4v) is 2.95. The van der Waals surface area contributed by atoms with Crippen LogP contribution in [0, 0.1) is 11.7 Å². The first kappa shape index (κ1) is 22.3. The Bertz CT molecular complexity index is 777. The average Bonchev–Trinajstić information content (AvgIpc) is 2.59. The molecule has 160 valence electrons. The summed E-state index contributed by atoms with van der Waals surface area (Å²) in [5.41, 5.74) is 16.2. The zero-order valence-corrected chi connectivity index (χ0v) is 17.1. The summed E-state index contributed by atoms with van der Waals surface area (Å²) in [5, 5.41) is 3.11. The quantitative estimate of drug-likeness (QED) is 0.444. The van der Waals surface area contributed by atoms with Crippen molar-refractivity contribution in [3.63, 3.8) is 0 Å². The van der Waals surface area contributed by atoms with Crippen LogP contribution in [0.4, 0.5) is 20.6 Å². The molecule has 10 heteroatoms. The number of likely N-dealkylation sites (tertiary alicyclic amines) is 1. The van der Waals surface area contributed by atoms with Crippen molar-refractivity contribution in [3.8, 4) is 0 Å². The molecule has 2 rings (SSSR count). The number of ether oxygens (including phenoxy) is 1. The van der Waals surface area contributed by atoms with E-state index in [1.807, 2.05) is 20.8 Å². The first-order chi connectivity index (χ1) is 13.5. The first-order valence-electron chi connectivity index (χ1n) is 9.49. The fraction of sp³-hybridized carbons (Fsp3) is 0.526. The highest BCUT2D eigenvalue weighted by Gasteiger charge is 2.27. The Kier molecular flexibility index (Phi) is 7.24. The van der Waals surface area contributed by atoms with Crippen molar-refractivity contribution in [2.75, 3.05) is 25.0 Å². The Balaban J connectivity index is 1.96. The summed E-state index contributed by atoms with van der Waals surface area (Å²) in [5.74, 6) is -0.562. The minimum absolute atomic E-state index is 0.163. The van der Waals surface area contributed by atoms with Gasteiger partial charge in [-0.25, -0.2) is 14.2 Å². The molecule has 0 spiro atoms. The molecule has 1 aliphatic heterocycles. The van der Waals surface area contributed by atoms with E-state index in [1.165, 1.54) is 12.1 Å². The van der Waals surface area contributed by atoms with Gasteiger partial charge in [-0.15, -0.1) is 0 Å². The molecule has 0 radical (unpaired) electrons. The summed E-state index contributed by atoms with van der Waals surface area (Å²) in [4.78, 5) is 21.6. The number of piperidine rings is 1. The Hall–Kier alpha value is -3.04. The fourth-order valence-electron chi connectivity index (χ4n) is 2.95. The van der Waals surface area contributed by atoms with E-state index in [4.69, 9.17) is 21.9 Å². The van der Waals surface area contributed by atoms with Gasteiger partial charge in [0.2, 0.25) is 5.96 Å². The molecule has 0 atom stereocenters.